The highest BCUT2D eigenvalue weighted by Gasteiger charge is 2.37. The number of nitrogens with one attached hydrogen (secondary N) is 1. The summed E-state index contributed by atoms with van der Waals surface area (Å²) in [4.78, 5) is 25.4. The highest BCUT2D eigenvalue weighted by molar-refractivity contribution is 5.95. The van der Waals surface area contributed by atoms with Crippen LogP contribution in [0.3, 0.4) is 0 Å². The lowest BCUT2D eigenvalue weighted by atomic mass is 10.1. The molecular weight excluding hydrogens is 204 g/mol. The van der Waals surface area contributed by atoms with Gasteiger partial charge >= 0.3 is 0 Å². The maximum absolute atomic E-state index is 12.1. The van der Waals surface area contributed by atoms with E-state index in [1.165, 1.54) is 6.42 Å². The van der Waals surface area contributed by atoms with E-state index in [9.17, 15) is 9.59 Å². The Kier molecular flexibility index (Phi) is 3.17. The van der Waals surface area contributed by atoms with Crippen molar-refractivity contribution in [3.63, 3.8) is 0 Å². The van der Waals surface area contributed by atoms with Crippen molar-refractivity contribution in [1.29, 1.82) is 0 Å². The van der Waals surface area contributed by atoms with Crippen LogP contribution >= 0.6 is 0 Å². The van der Waals surface area contributed by atoms with Gasteiger partial charge in [-0.2, -0.15) is 0 Å². The van der Waals surface area contributed by atoms with Crippen LogP contribution in [0.1, 0.15) is 39.5 Å². The van der Waals surface area contributed by atoms with Crippen LogP contribution < -0.4 is 5.32 Å². The fourth-order valence-corrected chi connectivity index (χ4v) is 2.78. The van der Waals surface area contributed by atoms with Gasteiger partial charge in [0.2, 0.25) is 11.8 Å². The number of carbonyl (C=O) groups is 2. The van der Waals surface area contributed by atoms with E-state index in [2.05, 4.69) is 12.2 Å². The van der Waals surface area contributed by atoms with Crippen LogP contribution in [-0.2, 0) is 9.59 Å². The minimum atomic E-state index is -0.294. The third-order valence-corrected chi connectivity index (χ3v) is 3.75. The Bertz CT molecular complexity index is 303. The summed E-state index contributed by atoms with van der Waals surface area (Å²) in [5.41, 5.74) is 0. The molecular formula is C12H20N2O2. The predicted octanol–water partition coefficient (Wildman–Crippen LogP) is 0.912. The summed E-state index contributed by atoms with van der Waals surface area (Å²) in [6.07, 6.45) is 3.96. The van der Waals surface area contributed by atoms with Gasteiger partial charge in [0.15, 0.2) is 0 Å². The predicted molar refractivity (Wildman–Crippen MR) is 60.7 cm³/mol. The average Bonchev–Trinajstić information content (AvgIpc) is 2.67. The fraction of sp³-hybridized carbons (Fsp3) is 0.833. The van der Waals surface area contributed by atoms with E-state index in [0.717, 1.165) is 12.8 Å². The lowest BCUT2D eigenvalue weighted by Crippen LogP contribution is -2.60. The van der Waals surface area contributed by atoms with Crippen molar-refractivity contribution in [3.8, 4) is 0 Å². The van der Waals surface area contributed by atoms with Gasteiger partial charge in [-0.25, -0.2) is 0 Å². The number of piperazine rings is 1. The van der Waals surface area contributed by atoms with Gasteiger partial charge < -0.3 is 10.2 Å². The maximum Gasteiger partial charge on any atom is 0.245 e. The SMILES string of the molecule is CCC1NC(=O)CN(C2CCC(C)C2)C1=O. The van der Waals surface area contributed by atoms with Crippen LogP contribution in [0.25, 0.3) is 0 Å². The molecule has 3 unspecified atom stereocenters. The molecule has 90 valence electrons. The van der Waals surface area contributed by atoms with Crippen molar-refractivity contribution >= 4 is 11.8 Å². The number of nitrogens with zero attached hydrogens (tertiary/aromatic N) is 1. The molecule has 3 atom stereocenters. The molecule has 1 aliphatic carbocycles. The highest BCUT2D eigenvalue weighted by atomic mass is 16.2. The molecule has 0 aromatic carbocycles. The average molecular weight is 224 g/mol. The van der Waals surface area contributed by atoms with E-state index >= 15 is 0 Å². The van der Waals surface area contributed by atoms with E-state index in [0.29, 0.717) is 18.4 Å². The third-order valence-electron chi connectivity index (χ3n) is 3.75. The van der Waals surface area contributed by atoms with Crippen LogP contribution in [0.4, 0.5) is 0 Å². The van der Waals surface area contributed by atoms with E-state index in [-0.39, 0.29) is 24.4 Å². The first-order chi connectivity index (χ1) is 7.61. The van der Waals surface area contributed by atoms with Crippen molar-refractivity contribution in [3.05, 3.63) is 0 Å². The zero-order valence-corrected chi connectivity index (χ0v) is 10.0. The first-order valence-corrected chi connectivity index (χ1v) is 6.21. The second-order valence-electron chi connectivity index (χ2n) is 5.07. The molecule has 1 aliphatic heterocycles. The van der Waals surface area contributed by atoms with Gasteiger partial charge in [-0.1, -0.05) is 13.8 Å². The molecule has 2 amide bonds. The van der Waals surface area contributed by atoms with Crippen LogP contribution in [0.15, 0.2) is 0 Å². The van der Waals surface area contributed by atoms with Crippen LogP contribution in [-0.4, -0.2) is 35.3 Å². The Morgan fingerprint density at radius 1 is 1.38 bits per heavy atom. The van der Waals surface area contributed by atoms with Crippen molar-refractivity contribution in [2.75, 3.05) is 6.54 Å². The second kappa shape index (κ2) is 4.44. The van der Waals surface area contributed by atoms with E-state index < -0.39 is 0 Å². The number of rotatable bonds is 2. The molecule has 4 heteroatoms. The summed E-state index contributed by atoms with van der Waals surface area (Å²) < 4.78 is 0. The minimum absolute atomic E-state index is 0.00833. The summed E-state index contributed by atoms with van der Waals surface area (Å²) in [6.45, 7) is 4.40. The largest absolute Gasteiger partial charge is 0.343 e. The van der Waals surface area contributed by atoms with E-state index in [1.807, 2.05) is 6.92 Å². The van der Waals surface area contributed by atoms with Gasteiger partial charge in [0, 0.05) is 6.04 Å². The van der Waals surface area contributed by atoms with Gasteiger partial charge in [0.25, 0.3) is 0 Å². The molecule has 1 N–H and O–H groups in total. The molecule has 2 rings (SSSR count). The monoisotopic (exact) mass is 224 g/mol. The number of hydrogen-bond acceptors (Lipinski definition) is 2. The number of carbonyl (C=O) groups excluding carboxylic acids is 2. The summed E-state index contributed by atoms with van der Waals surface area (Å²) in [6, 6.07) is -0.000226. The van der Waals surface area contributed by atoms with Crippen molar-refractivity contribution in [2.45, 2.75) is 51.6 Å². The van der Waals surface area contributed by atoms with Crippen LogP contribution in [0.5, 0.6) is 0 Å². The topological polar surface area (TPSA) is 49.4 Å². The molecule has 0 bridgehead atoms. The summed E-state index contributed by atoms with van der Waals surface area (Å²) in [5.74, 6) is 0.787. The molecule has 2 aliphatic rings. The highest BCUT2D eigenvalue weighted by Crippen LogP contribution is 2.29. The first kappa shape index (κ1) is 11.4. The van der Waals surface area contributed by atoms with E-state index in [4.69, 9.17) is 0 Å². The summed E-state index contributed by atoms with van der Waals surface area (Å²) in [7, 11) is 0. The Morgan fingerprint density at radius 3 is 2.69 bits per heavy atom. The maximum atomic E-state index is 12.1. The third kappa shape index (κ3) is 2.06. The molecule has 2 fully saturated rings. The molecule has 0 aromatic rings. The summed E-state index contributed by atoms with van der Waals surface area (Å²) >= 11 is 0. The zero-order valence-electron chi connectivity index (χ0n) is 10.0. The van der Waals surface area contributed by atoms with Gasteiger partial charge in [-0.05, 0) is 31.6 Å². The first-order valence-electron chi connectivity index (χ1n) is 6.21. The zero-order chi connectivity index (χ0) is 11.7. The molecule has 16 heavy (non-hydrogen) atoms. The Labute approximate surface area is 96.4 Å². The van der Waals surface area contributed by atoms with Gasteiger partial charge in [-0.15, -0.1) is 0 Å². The lowest BCUT2D eigenvalue weighted by molar-refractivity contribution is -0.146. The van der Waals surface area contributed by atoms with Gasteiger partial charge in [0.1, 0.15) is 6.04 Å². The van der Waals surface area contributed by atoms with Crippen molar-refractivity contribution in [2.24, 2.45) is 5.92 Å². The molecule has 0 aromatic heterocycles. The molecule has 1 saturated heterocycles. The number of amides is 2. The Balaban J connectivity index is 2.07. The molecule has 0 spiro atoms. The minimum Gasteiger partial charge on any atom is -0.343 e. The Hall–Kier alpha value is -1.06. The fourth-order valence-electron chi connectivity index (χ4n) is 2.78. The quantitative estimate of drug-likeness (QED) is 0.758. The van der Waals surface area contributed by atoms with Gasteiger partial charge in [-0.3, -0.25) is 9.59 Å². The lowest BCUT2D eigenvalue weighted by Gasteiger charge is -2.36. The standard InChI is InChI=1S/C12H20N2O2/c1-3-10-12(16)14(7-11(15)13-10)9-5-4-8(2)6-9/h8-10H,3-7H2,1-2H3,(H,13,15). The molecule has 1 saturated carbocycles. The normalized spacial score (nSPS) is 35.4. The second-order valence-corrected chi connectivity index (χ2v) is 5.07. The smallest absolute Gasteiger partial charge is 0.245 e. The Morgan fingerprint density at radius 2 is 2.12 bits per heavy atom. The van der Waals surface area contributed by atoms with Crippen LogP contribution in [0.2, 0.25) is 0 Å². The van der Waals surface area contributed by atoms with Crippen LogP contribution in [0, 0.1) is 5.92 Å². The molecule has 0 radical (unpaired) electrons. The van der Waals surface area contributed by atoms with Crippen molar-refractivity contribution in [1.82, 2.24) is 10.2 Å². The van der Waals surface area contributed by atoms with E-state index in [1.54, 1.807) is 4.90 Å². The molecule has 4 nitrogen and oxygen atoms in total. The molecule has 1 heterocycles. The van der Waals surface area contributed by atoms with Crippen molar-refractivity contribution < 1.29 is 9.59 Å². The van der Waals surface area contributed by atoms with Gasteiger partial charge in [0.05, 0.1) is 6.54 Å². The summed E-state index contributed by atoms with van der Waals surface area (Å²) in [5, 5.41) is 2.75. The number of hydrogen-bond donors (Lipinski definition) is 1.